The molecule has 0 saturated carbocycles. The molecule has 0 saturated heterocycles. The van der Waals surface area contributed by atoms with Crippen molar-refractivity contribution in [2.45, 2.75) is 181 Å². The van der Waals surface area contributed by atoms with E-state index in [1.165, 1.54) is 25.7 Å². The first-order chi connectivity index (χ1) is 31.0. The largest absolute Gasteiger partial charge is 0.462 e. The summed E-state index contributed by atoms with van der Waals surface area (Å²) in [6.45, 7) is 6.19. The summed E-state index contributed by atoms with van der Waals surface area (Å²) in [5, 5.41) is 0. The fourth-order valence-corrected chi connectivity index (χ4v) is 5.73. The van der Waals surface area contributed by atoms with Crippen LogP contribution in [-0.4, -0.2) is 37.2 Å². The van der Waals surface area contributed by atoms with Gasteiger partial charge in [-0.3, -0.25) is 14.4 Å². The van der Waals surface area contributed by atoms with Crippen LogP contribution in [0.25, 0.3) is 0 Å². The number of allylic oxidation sites excluding steroid dienone is 24. The molecule has 0 bridgehead atoms. The number of carbonyl (C=O) groups excluding carboxylic acids is 3. The fourth-order valence-electron chi connectivity index (χ4n) is 5.73. The summed E-state index contributed by atoms with van der Waals surface area (Å²) in [4.78, 5) is 37.8. The van der Waals surface area contributed by atoms with Crippen molar-refractivity contribution in [3.8, 4) is 0 Å². The molecule has 0 radical (unpaired) electrons. The second kappa shape index (κ2) is 49.9. The Labute approximate surface area is 385 Å². The lowest BCUT2D eigenvalue weighted by Gasteiger charge is -2.18. The van der Waals surface area contributed by atoms with Crippen molar-refractivity contribution in [1.29, 1.82) is 0 Å². The first-order valence-corrected chi connectivity index (χ1v) is 24.3. The Hall–Kier alpha value is -4.71. The molecule has 6 heteroatoms. The molecule has 350 valence electrons. The predicted octanol–water partition coefficient (Wildman–Crippen LogP) is 16.1. The van der Waals surface area contributed by atoms with E-state index in [1.54, 1.807) is 0 Å². The van der Waals surface area contributed by atoms with Crippen LogP contribution in [0, 0.1) is 0 Å². The molecular formula is C57H86O6. The normalized spacial score (nSPS) is 13.4. The monoisotopic (exact) mass is 867 g/mol. The van der Waals surface area contributed by atoms with Crippen molar-refractivity contribution < 1.29 is 28.6 Å². The van der Waals surface area contributed by atoms with Gasteiger partial charge in [-0.25, -0.2) is 0 Å². The molecule has 1 atom stereocenters. The summed E-state index contributed by atoms with van der Waals surface area (Å²) in [5.74, 6) is -1.14. The average Bonchev–Trinajstić information content (AvgIpc) is 3.28. The van der Waals surface area contributed by atoms with E-state index >= 15 is 0 Å². The Morgan fingerprint density at radius 3 is 1.05 bits per heavy atom. The van der Waals surface area contributed by atoms with Crippen LogP contribution in [0.1, 0.15) is 175 Å². The lowest BCUT2D eigenvalue weighted by atomic mass is 10.2. The highest BCUT2D eigenvalue weighted by atomic mass is 16.6. The summed E-state index contributed by atoms with van der Waals surface area (Å²) in [6.07, 6.45) is 71.5. The summed E-state index contributed by atoms with van der Waals surface area (Å²) < 4.78 is 16.6. The molecule has 0 fully saturated rings. The van der Waals surface area contributed by atoms with Crippen LogP contribution in [0.3, 0.4) is 0 Å². The van der Waals surface area contributed by atoms with Gasteiger partial charge < -0.3 is 14.2 Å². The van der Waals surface area contributed by atoms with Gasteiger partial charge in [-0.1, -0.05) is 179 Å². The first-order valence-electron chi connectivity index (χ1n) is 24.3. The molecule has 6 nitrogen and oxygen atoms in total. The molecule has 0 aliphatic carbocycles. The van der Waals surface area contributed by atoms with E-state index in [0.717, 1.165) is 89.9 Å². The molecule has 0 rings (SSSR count). The number of hydrogen-bond acceptors (Lipinski definition) is 6. The lowest BCUT2D eigenvalue weighted by Crippen LogP contribution is -2.30. The summed E-state index contributed by atoms with van der Waals surface area (Å²) in [7, 11) is 0. The maximum Gasteiger partial charge on any atom is 0.306 e. The molecule has 0 heterocycles. The van der Waals surface area contributed by atoms with Crippen LogP contribution in [0.15, 0.2) is 146 Å². The van der Waals surface area contributed by atoms with Gasteiger partial charge >= 0.3 is 17.9 Å². The molecular weight excluding hydrogens is 781 g/mol. The molecule has 63 heavy (non-hydrogen) atoms. The van der Waals surface area contributed by atoms with Crippen molar-refractivity contribution in [1.82, 2.24) is 0 Å². The fraction of sp³-hybridized carbons (Fsp3) is 0.526. The van der Waals surface area contributed by atoms with Crippen molar-refractivity contribution in [3.05, 3.63) is 146 Å². The molecule has 0 aromatic rings. The molecule has 0 aromatic carbocycles. The number of unbranched alkanes of at least 4 members (excludes halogenated alkanes) is 6. The number of carbonyl (C=O) groups is 3. The van der Waals surface area contributed by atoms with E-state index in [2.05, 4.69) is 154 Å². The van der Waals surface area contributed by atoms with Gasteiger partial charge in [0.2, 0.25) is 0 Å². The molecule has 0 aromatic heterocycles. The minimum absolute atomic E-state index is 0.147. The highest BCUT2D eigenvalue weighted by molar-refractivity contribution is 5.71. The second-order valence-electron chi connectivity index (χ2n) is 15.2. The van der Waals surface area contributed by atoms with Crippen molar-refractivity contribution in [2.75, 3.05) is 13.2 Å². The molecule has 0 N–H and O–H groups in total. The number of esters is 3. The van der Waals surface area contributed by atoms with Crippen LogP contribution in [0.2, 0.25) is 0 Å². The maximum atomic E-state index is 12.7. The van der Waals surface area contributed by atoms with E-state index in [0.29, 0.717) is 19.3 Å². The zero-order chi connectivity index (χ0) is 45.8. The summed E-state index contributed by atoms with van der Waals surface area (Å²) in [6, 6.07) is 0. The van der Waals surface area contributed by atoms with Crippen LogP contribution in [0.4, 0.5) is 0 Å². The van der Waals surface area contributed by atoms with E-state index in [9.17, 15) is 14.4 Å². The van der Waals surface area contributed by atoms with Gasteiger partial charge in [0.25, 0.3) is 0 Å². The van der Waals surface area contributed by atoms with Gasteiger partial charge in [-0.05, 0) is 122 Å². The number of ether oxygens (including phenoxy) is 3. The zero-order valence-corrected chi connectivity index (χ0v) is 39.8. The quantitative estimate of drug-likeness (QED) is 0.0264. The van der Waals surface area contributed by atoms with E-state index in [-0.39, 0.29) is 44.4 Å². The SMILES string of the molecule is CC/C=C\C/C=C\C/C=C\C/C=C\C/C=C\C/C=C\CCC(=O)OCC(COC(=O)CCCC/C=C\C/C=C\CC)OC(=O)CCC/C=C\C/C=C\C/C=C\C/C=C\CCCCC. The standard InChI is InChI=1S/C57H86O6/c1-4-7-10-13-16-19-21-23-25-27-28-30-31-33-35-38-41-44-47-50-56(59)62-53-54(52-61-55(58)49-46-43-40-37-18-15-12-9-6-3)63-57(60)51-48-45-42-39-36-34-32-29-26-24-22-20-17-14-11-8-5-2/h7,9-10,12,16-20,23-26,28,30,32-35,37,39,41-42,44,54H,4-6,8,11,13-15,21-22,27,29,31,36,38,40,43,45-53H2,1-3H3/b10-7-,12-9-,19-16-,20-17-,25-23-,26-24-,30-28-,34-32-,35-33-,37-18-,42-39-,44-41-. The van der Waals surface area contributed by atoms with E-state index in [1.807, 2.05) is 12.2 Å². The van der Waals surface area contributed by atoms with Gasteiger partial charge in [0, 0.05) is 19.3 Å². The molecule has 0 aliphatic heterocycles. The molecule has 0 spiro atoms. The Morgan fingerprint density at radius 1 is 0.333 bits per heavy atom. The van der Waals surface area contributed by atoms with Crippen LogP contribution in [0.5, 0.6) is 0 Å². The number of rotatable bonds is 41. The predicted molar refractivity (Wildman–Crippen MR) is 269 cm³/mol. The summed E-state index contributed by atoms with van der Waals surface area (Å²) >= 11 is 0. The third kappa shape index (κ3) is 48.2. The Balaban J connectivity index is 4.61. The topological polar surface area (TPSA) is 78.9 Å². The van der Waals surface area contributed by atoms with E-state index < -0.39 is 12.1 Å². The highest BCUT2D eigenvalue weighted by Crippen LogP contribution is 2.09. The Bertz CT molecular complexity index is 1460. The number of hydrogen-bond donors (Lipinski definition) is 0. The van der Waals surface area contributed by atoms with Gasteiger partial charge in [0.05, 0.1) is 0 Å². The van der Waals surface area contributed by atoms with Crippen molar-refractivity contribution in [3.63, 3.8) is 0 Å². The molecule has 0 amide bonds. The Kier molecular flexibility index (Phi) is 46.2. The molecule has 1 unspecified atom stereocenters. The van der Waals surface area contributed by atoms with Gasteiger partial charge in [0.1, 0.15) is 13.2 Å². The van der Waals surface area contributed by atoms with Crippen LogP contribution >= 0.6 is 0 Å². The Morgan fingerprint density at radius 2 is 0.651 bits per heavy atom. The van der Waals surface area contributed by atoms with E-state index in [4.69, 9.17) is 14.2 Å². The van der Waals surface area contributed by atoms with Crippen LogP contribution < -0.4 is 0 Å². The van der Waals surface area contributed by atoms with Gasteiger partial charge in [0.15, 0.2) is 6.10 Å². The first kappa shape index (κ1) is 58.3. The van der Waals surface area contributed by atoms with Gasteiger partial charge in [-0.2, -0.15) is 0 Å². The molecule has 0 aliphatic rings. The maximum absolute atomic E-state index is 12.7. The third-order valence-corrected chi connectivity index (χ3v) is 9.32. The van der Waals surface area contributed by atoms with Crippen LogP contribution in [-0.2, 0) is 28.6 Å². The zero-order valence-electron chi connectivity index (χ0n) is 39.8. The third-order valence-electron chi connectivity index (χ3n) is 9.32. The summed E-state index contributed by atoms with van der Waals surface area (Å²) in [5.41, 5.74) is 0. The highest BCUT2D eigenvalue weighted by Gasteiger charge is 2.19. The van der Waals surface area contributed by atoms with Crippen molar-refractivity contribution in [2.24, 2.45) is 0 Å². The van der Waals surface area contributed by atoms with Crippen molar-refractivity contribution >= 4 is 17.9 Å². The minimum Gasteiger partial charge on any atom is -0.462 e. The minimum atomic E-state index is -0.855. The average molecular weight is 867 g/mol. The lowest BCUT2D eigenvalue weighted by molar-refractivity contribution is -0.166. The van der Waals surface area contributed by atoms with Gasteiger partial charge in [-0.15, -0.1) is 0 Å². The second-order valence-corrected chi connectivity index (χ2v) is 15.2. The smallest absolute Gasteiger partial charge is 0.306 e.